The maximum atomic E-state index is 11.3. The largest absolute Gasteiger partial charge is 0.493 e. The second-order valence-corrected chi connectivity index (χ2v) is 6.39. The molecule has 0 bridgehead atoms. The van der Waals surface area contributed by atoms with Gasteiger partial charge in [-0.25, -0.2) is 0 Å². The van der Waals surface area contributed by atoms with Gasteiger partial charge < -0.3 is 19.5 Å². The van der Waals surface area contributed by atoms with Gasteiger partial charge in [-0.3, -0.25) is 4.79 Å². The lowest BCUT2D eigenvalue weighted by atomic mass is 10.1. The van der Waals surface area contributed by atoms with Crippen LogP contribution in [0.25, 0.3) is 0 Å². The van der Waals surface area contributed by atoms with Crippen molar-refractivity contribution in [3.05, 3.63) is 53.1 Å². The molecule has 0 saturated heterocycles. The van der Waals surface area contributed by atoms with Crippen molar-refractivity contribution in [3.8, 4) is 23.3 Å². The Morgan fingerprint density at radius 3 is 2.50 bits per heavy atom. The molecule has 2 aromatic rings. The van der Waals surface area contributed by atoms with E-state index in [4.69, 9.17) is 19.5 Å². The number of hydrogen-bond donors (Lipinski definition) is 1. The zero-order chi connectivity index (χ0) is 20.4. The molecule has 28 heavy (non-hydrogen) atoms. The van der Waals surface area contributed by atoms with Gasteiger partial charge >= 0.3 is 0 Å². The predicted octanol–water partition coefficient (Wildman–Crippen LogP) is 3.34. The third-order valence-corrected chi connectivity index (χ3v) is 4.15. The van der Waals surface area contributed by atoms with E-state index in [0.29, 0.717) is 37.7 Å². The highest BCUT2D eigenvalue weighted by molar-refractivity contribution is 5.77. The van der Waals surface area contributed by atoms with Gasteiger partial charge in [-0.05, 0) is 55.2 Å². The van der Waals surface area contributed by atoms with Gasteiger partial charge in [0.2, 0.25) is 5.91 Å². The van der Waals surface area contributed by atoms with E-state index in [-0.39, 0.29) is 12.3 Å². The van der Waals surface area contributed by atoms with Gasteiger partial charge in [0, 0.05) is 6.54 Å². The number of amides is 1. The Labute approximate surface area is 166 Å². The first-order chi connectivity index (χ1) is 13.5. The number of ether oxygens (including phenoxy) is 3. The molecule has 0 heterocycles. The molecule has 0 unspecified atom stereocenters. The standard InChI is InChI=1S/C22H26N2O4/c1-16-4-5-17(2)20(14-16)28-13-12-27-19-7-6-18(15-21(19)26-3)9-11-24-22(25)8-10-23/h4-7,14-15H,8-9,11-13H2,1-3H3,(H,24,25). The number of rotatable bonds is 10. The van der Waals surface area contributed by atoms with Crippen LogP contribution in [0, 0.1) is 25.2 Å². The number of nitrogens with one attached hydrogen (secondary N) is 1. The quantitative estimate of drug-likeness (QED) is 0.638. The summed E-state index contributed by atoms with van der Waals surface area (Å²) in [4.78, 5) is 11.3. The van der Waals surface area contributed by atoms with Crippen LogP contribution in [0.2, 0.25) is 0 Å². The van der Waals surface area contributed by atoms with Crippen LogP contribution in [0.3, 0.4) is 0 Å². The van der Waals surface area contributed by atoms with Crippen molar-refractivity contribution in [2.45, 2.75) is 26.7 Å². The second-order valence-electron chi connectivity index (χ2n) is 6.39. The molecule has 0 spiro atoms. The molecule has 6 nitrogen and oxygen atoms in total. The van der Waals surface area contributed by atoms with Crippen molar-refractivity contribution in [3.63, 3.8) is 0 Å². The second kappa shape index (κ2) is 10.8. The molecule has 0 aliphatic rings. The molecular weight excluding hydrogens is 356 g/mol. The van der Waals surface area contributed by atoms with E-state index < -0.39 is 0 Å². The highest BCUT2D eigenvalue weighted by Crippen LogP contribution is 2.28. The number of methoxy groups -OCH3 is 1. The van der Waals surface area contributed by atoms with Gasteiger partial charge in [0.05, 0.1) is 13.2 Å². The Morgan fingerprint density at radius 2 is 1.79 bits per heavy atom. The van der Waals surface area contributed by atoms with Gasteiger partial charge in [-0.1, -0.05) is 18.2 Å². The minimum absolute atomic E-state index is 0.125. The first kappa shape index (κ1) is 21.1. The van der Waals surface area contributed by atoms with Gasteiger partial charge in [0.1, 0.15) is 25.4 Å². The Hall–Kier alpha value is -3.20. The number of nitrogens with zero attached hydrogens (tertiary/aromatic N) is 1. The lowest BCUT2D eigenvalue weighted by Gasteiger charge is -2.14. The minimum Gasteiger partial charge on any atom is -0.493 e. The number of aryl methyl sites for hydroxylation is 2. The summed E-state index contributed by atoms with van der Waals surface area (Å²) in [7, 11) is 1.59. The number of nitriles is 1. The highest BCUT2D eigenvalue weighted by Gasteiger charge is 2.07. The fourth-order valence-electron chi connectivity index (χ4n) is 2.63. The van der Waals surface area contributed by atoms with Crippen LogP contribution in [0.1, 0.15) is 23.1 Å². The Morgan fingerprint density at radius 1 is 1.04 bits per heavy atom. The molecule has 2 aromatic carbocycles. The molecular formula is C22H26N2O4. The molecule has 0 radical (unpaired) electrons. The normalized spacial score (nSPS) is 10.1. The average Bonchev–Trinajstić information content (AvgIpc) is 2.68. The molecule has 0 saturated carbocycles. The SMILES string of the molecule is COc1cc(CCNC(=O)CC#N)ccc1OCCOc1cc(C)ccc1C. The van der Waals surface area contributed by atoms with Crippen molar-refractivity contribution in [2.24, 2.45) is 0 Å². The highest BCUT2D eigenvalue weighted by atomic mass is 16.5. The first-order valence-electron chi connectivity index (χ1n) is 9.17. The molecule has 0 aliphatic carbocycles. The van der Waals surface area contributed by atoms with E-state index in [0.717, 1.165) is 22.4 Å². The number of benzene rings is 2. The van der Waals surface area contributed by atoms with Crippen molar-refractivity contribution < 1.29 is 19.0 Å². The summed E-state index contributed by atoms with van der Waals surface area (Å²) in [6, 6.07) is 13.6. The van der Waals surface area contributed by atoms with Crippen LogP contribution in [0.4, 0.5) is 0 Å². The maximum absolute atomic E-state index is 11.3. The molecule has 0 aromatic heterocycles. The summed E-state index contributed by atoms with van der Waals surface area (Å²) < 4.78 is 17.0. The smallest absolute Gasteiger partial charge is 0.234 e. The van der Waals surface area contributed by atoms with Gasteiger partial charge in [0.25, 0.3) is 0 Å². The first-order valence-corrected chi connectivity index (χ1v) is 9.17. The van der Waals surface area contributed by atoms with Gasteiger partial charge in [-0.2, -0.15) is 5.26 Å². The van der Waals surface area contributed by atoms with E-state index in [1.165, 1.54) is 0 Å². The van der Waals surface area contributed by atoms with E-state index in [1.54, 1.807) is 7.11 Å². The van der Waals surface area contributed by atoms with Crippen molar-refractivity contribution in [2.75, 3.05) is 26.9 Å². The van der Waals surface area contributed by atoms with E-state index >= 15 is 0 Å². The third-order valence-electron chi connectivity index (χ3n) is 4.15. The lowest BCUT2D eigenvalue weighted by molar-refractivity contribution is -0.120. The summed E-state index contributed by atoms with van der Waals surface area (Å²) >= 11 is 0. The number of carbonyl (C=O) groups excluding carboxylic acids is 1. The Kier molecular flexibility index (Phi) is 8.16. The van der Waals surface area contributed by atoms with Gasteiger partial charge in [0.15, 0.2) is 11.5 Å². The lowest BCUT2D eigenvalue weighted by Crippen LogP contribution is -2.24. The Bertz CT molecular complexity index is 843. The maximum Gasteiger partial charge on any atom is 0.234 e. The fourth-order valence-corrected chi connectivity index (χ4v) is 2.63. The summed E-state index contributed by atoms with van der Waals surface area (Å²) in [5, 5.41) is 11.2. The van der Waals surface area contributed by atoms with Crippen molar-refractivity contribution in [1.82, 2.24) is 5.32 Å². The van der Waals surface area contributed by atoms with Crippen LogP contribution in [0.15, 0.2) is 36.4 Å². The van der Waals surface area contributed by atoms with Crippen LogP contribution >= 0.6 is 0 Å². The molecule has 148 valence electrons. The van der Waals surface area contributed by atoms with E-state index in [9.17, 15) is 4.79 Å². The molecule has 0 aliphatic heterocycles. The molecule has 2 rings (SSSR count). The predicted molar refractivity (Wildman–Crippen MR) is 107 cm³/mol. The average molecular weight is 382 g/mol. The third kappa shape index (κ3) is 6.51. The van der Waals surface area contributed by atoms with E-state index in [1.807, 2.05) is 50.2 Å². The fraction of sp³-hybridized carbons (Fsp3) is 0.364. The monoisotopic (exact) mass is 382 g/mol. The van der Waals surface area contributed by atoms with Crippen LogP contribution in [-0.2, 0) is 11.2 Å². The Balaban J connectivity index is 1.84. The summed E-state index contributed by atoms with van der Waals surface area (Å²) in [6.07, 6.45) is 0.518. The topological polar surface area (TPSA) is 80.6 Å². The summed E-state index contributed by atoms with van der Waals surface area (Å²) in [5.41, 5.74) is 3.25. The molecule has 1 amide bonds. The molecule has 0 atom stereocenters. The summed E-state index contributed by atoms with van der Waals surface area (Å²) in [6.45, 7) is 5.34. The number of carbonyl (C=O) groups is 1. The summed E-state index contributed by atoms with van der Waals surface area (Å²) in [5.74, 6) is 1.87. The minimum atomic E-state index is -0.265. The molecule has 0 fully saturated rings. The van der Waals surface area contributed by atoms with E-state index in [2.05, 4.69) is 11.4 Å². The van der Waals surface area contributed by atoms with Crippen LogP contribution < -0.4 is 19.5 Å². The van der Waals surface area contributed by atoms with Crippen LogP contribution in [0.5, 0.6) is 17.2 Å². The molecule has 6 heteroatoms. The van der Waals surface area contributed by atoms with Gasteiger partial charge in [-0.15, -0.1) is 0 Å². The van der Waals surface area contributed by atoms with Crippen LogP contribution in [-0.4, -0.2) is 32.8 Å². The number of hydrogen-bond acceptors (Lipinski definition) is 5. The molecule has 1 N–H and O–H groups in total. The van der Waals surface area contributed by atoms with Crippen molar-refractivity contribution >= 4 is 5.91 Å². The zero-order valence-electron chi connectivity index (χ0n) is 16.6. The van der Waals surface area contributed by atoms with Crippen molar-refractivity contribution in [1.29, 1.82) is 5.26 Å². The zero-order valence-corrected chi connectivity index (χ0v) is 16.6.